The Morgan fingerprint density at radius 3 is 2.66 bits per heavy atom. The van der Waals surface area contributed by atoms with Crippen molar-refractivity contribution in [1.29, 1.82) is 0 Å². The number of ether oxygens (including phenoxy) is 2. The van der Waals surface area contributed by atoms with Gasteiger partial charge in [-0.15, -0.1) is 0 Å². The van der Waals surface area contributed by atoms with E-state index in [1.54, 1.807) is 38.2 Å². The molecule has 2 aromatic carbocycles. The molecule has 0 saturated carbocycles. The molecule has 2 aromatic rings. The topological polar surface area (TPSA) is 67.9 Å². The fraction of sp³-hybridized carbons (Fsp3) is 0.273. The number of urea groups is 1. The SMILES string of the molecule is CCOC(=O)C1=C(COc2cccc(Cl)c2)N(C)C(=O)N[C@H]1c1cccc(C)c1. The number of hydrogen-bond donors (Lipinski definition) is 1. The van der Waals surface area contributed by atoms with Gasteiger partial charge in [-0.05, 0) is 37.6 Å². The third-order valence-corrected chi connectivity index (χ3v) is 4.85. The molecule has 0 spiro atoms. The standard InChI is InChI=1S/C22H23ClN2O4/c1-4-28-21(26)19-18(13-29-17-10-6-9-16(23)12-17)25(3)22(27)24-20(19)15-8-5-7-14(2)11-15/h5-12,20H,4,13H2,1-3H3,(H,24,27)/t20-/m0/s1. The lowest BCUT2D eigenvalue weighted by molar-refractivity contribution is -0.139. The third kappa shape index (κ3) is 4.71. The molecule has 6 nitrogen and oxygen atoms in total. The van der Waals surface area contributed by atoms with Crippen LogP contribution in [-0.4, -0.2) is 37.2 Å². The fourth-order valence-corrected chi connectivity index (χ4v) is 3.37. The van der Waals surface area contributed by atoms with Gasteiger partial charge in [0.05, 0.1) is 23.9 Å². The third-order valence-electron chi connectivity index (χ3n) is 4.62. The van der Waals surface area contributed by atoms with E-state index < -0.39 is 12.0 Å². The number of esters is 1. The minimum Gasteiger partial charge on any atom is -0.487 e. The van der Waals surface area contributed by atoms with Crippen molar-refractivity contribution in [1.82, 2.24) is 10.2 Å². The molecule has 1 aliphatic rings. The van der Waals surface area contributed by atoms with Crippen LogP contribution in [0.5, 0.6) is 5.75 Å². The summed E-state index contributed by atoms with van der Waals surface area (Å²) in [5, 5.41) is 3.42. The summed E-state index contributed by atoms with van der Waals surface area (Å²) in [7, 11) is 1.59. The van der Waals surface area contributed by atoms with Crippen LogP contribution in [0, 0.1) is 6.92 Å². The molecule has 0 saturated heterocycles. The number of nitrogens with zero attached hydrogens (tertiary/aromatic N) is 1. The van der Waals surface area contributed by atoms with Crippen molar-refractivity contribution in [3.63, 3.8) is 0 Å². The van der Waals surface area contributed by atoms with Crippen molar-refractivity contribution >= 4 is 23.6 Å². The maximum absolute atomic E-state index is 12.9. The summed E-state index contributed by atoms with van der Waals surface area (Å²) in [5.41, 5.74) is 2.62. The minimum atomic E-state index is -0.629. The van der Waals surface area contributed by atoms with Crippen LogP contribution >= 0.6 is 11.6 Å². The maximum atomic E-state index is 12.9. The van der Waals surface area contributed by atoms with Crippen LogP contribution in [0.25, 0.3) is 0 Å². The van der Waals surface area contributed by atoms with Crippen molar-refractivity contribution in [3.05, 3.63) is 76.0 Å². The van der Waals surface area contributed by atoms with Crippen LogP contribution in [0.4, 0.5) is 4.79 Å². The van der Waals surface area contributed by atoms with Crippen LogP contribution in [0.1, 0.15) is 24.1 Å². The van der Waals surface area contributed by atoms with Crippen LogP contribution in [0.3, 0.4) is 0 Å². The van der Waals surface area contributed by atoms with Gasteiger partial charge in [0.15, 0.2) is 0 Å². The van der Waals surface area contributed by atoms with E-state index in [0.29, 0.717) is 22.0 Å². The van der Waals surface area contributed by atoms with Gasteiger partial charge in [0.2, 0.25) is 0 Å². The molecule has 0 bridgehead atoms. The second-order valence-electron chi connectivity index (χ2n) is 6.68. The molecular formula is C22H23ClN2O4. The van der Waals surface area contributed by atoms with Crippen LogP contribution in [-0.2, 0) is 9.53 Å². The van der Waals surface area contributed by atoms with Crippen molar-refractivity contribution < 1.29 is 19.1 Å². The lowest BCUT2D eigenvalue weighted by Gasteiger charge is -2.34. The molecule has 0 unspecified atom stereocenters. The molecule has 7 heteroatoms. The molecule has 0 aromatic heterocycles. The predicted octanol–water partition coefficient (Wildman–Crippen LogP) is 4.24. The number of rotatable bonds is 6. The number of halogens is 1. The Bertz CT molecular complexity index is 957. The monoisotopic (exact) mass is 414 g/mol. The first kappa shape index (κ1) is 20.7. The lowest BCUT2D eigenvalue weighted by Crippen LogP contribution is -2.48. The summed E-state index contributed by atoms with van der Waals surface area (Å²) in [5.74, 6) is 0.0512. The first-order valence-electron chi connectivity index (χ1n) is 9.30. The number of nitrogens with one attached hydrogen (secondary N) is 1. The van der Waals surface area contributed by atoms with Gasteiger partial charge in [0.25, 0.3) is 0 Å². The van der Waals surface area contributed by atoms with Gasteiger partial charge in [0.1, 0.15) is 12.4 Å². The Hall–Kier alpha value is -2.99. The molecular weight excluding hydrogens is 392 g/mol. The van der Waals surface area contributed by atoms with Gasteiger partial charge in [-0.25, -0.2) is 9.59 Å². The average molecular weight is 415 g/mol. The largest absolute Gasteiger partial charge is 0.487 e. The normalized spacial score (nSPS) is 16.5. The Kier molecular flexibility index (Phi) is 6.44. The Morgan fingerprint density at radius 1 is 1.21 bits per heavy atom. The number of likely N-dealkylation sites (N-methyl/N-ethyl adjacent to an activating group) is 1. The van der Waals surface area contributed by atoms with Crippen LogP contribution in [0.2, 0.25) is 5.02 Å². The van der Waals surface area contributed by atoms with Gasteiger partial charge in [0, 0.05) is 12.1 Å². The highest BCUT2D eigenvalue weighted by atomic mass is 35.5. The Balaban J connectivity index is 2.03. The average Bonchev–Trinajstić information content (AvgIpc) is 2.69. The second-order valence-corrected chi connectivity index (χ2v) is 7.12. The highest BCUT2D eigenvalue weighted by Gasteiger charge is 2.37. The summed E-state index contributed by atoms with van der Waals surface area (Å²) in [6.45, 7) is 3.94. The molecule has 1 N–H and O–H groups in total. The van der Waals surface area contributed by atoms with Crippen LogP contribution < -0.4 is 10.1 Å². The second kappa shape index (κ2) is 9.01. The quantitative estimate of drug-likeness (QED) is 0.718. The number of carbonyl (C=O) groups excluding carboxylic acids is 2. The molecule has 1 heterocycles. The minimum absolute atomic E-state index is 0.0146. The van der Waals surface area contributed by atoms with Gasteiger partial charge >= 0.3 is 12.0 Å². The van der Waals surface area contributed by atoms with E-state index in [1.165, 1.54) is 4.90 Å². The number of carbonyl (C=O) groups is 2. The summed E-state index contributed by atoms with van der Waals surface area (Å²) in [4.78, 5) is 26.9. The van der Waals surface area contributed by atoms with E-state index in [1.807, 2.05) is 31.2 Å². The first-order chi connectivity index (χ1) is 13.9. The summed E-state index contributed by atoms with van der Waals surface area (Å²) >= 11 is 6.02. The van der Waals surface area contributed by atoms with Gasteiger partial charge in [-0.2, -0.15) is 0 Å². The molecule has 0 aliphatic carbocycles. The maximum Gasteiger partial charge on any atom is 0.338 e. The van der Waals surface area contributed by atoms with Crippen molar-refractivity contribution in [2.24, 2.45) is 0 Å². The Morgan fingerprint density at radius 2 is 1.97 bits per heavy atom. The summed E-state index contributed by atoms with van der Waals surface area (Å²) in [6, 6.07) is 13.6. The zero-order valence-electron chi connectivity index (χ0n) is 16.6. The smallest absolute Gasteiger partial charge is 0.338 e. The number of amides is 2. The molecule has 1 aliphatic heterocycles. The van der Waals surface area contributed by atoms with E-state index in [2.05, 4.69) is 5.32 Å². The van der Waals surface area contributed by atoms with Crippen molar-refractivity contribution in [2.45, 2.75) is 19.9 Å². The van der Waals surface area contributed by atoms with E-state index in [9.17, 15) is 9.59 Å². The van der Waals surface area contributed by atoms with E-state index in [-0.39, 0.29) is 19.2 Å². The van der Waals surface area contributed by atoms with Crippen molar-refractivity contribution in [3.8, 4) is 5.75 Å². The zero-order valence-corrected chi connectivity index (χ0v) is 17.3. The van der Waals surface area contributed by atoms with Gasteiger partial charge < -0.3 is 14.8 Å². The highest BCUT2D eigenvalue weighted by molar-refractivity contribution is 6.30. The number of benzene rings is 2. The first-order valence-corrected chi connectivity index (χ1v) is 9.67. The van der Waals surface area contributed by atoms with E-state index in [0.717, 1.165) is 11.1 Å². The molecule has 29 heavy (non-hydrogen) atoms. The predicted molar refractivity (Wildman–Crippen MR) is 111 cm³/mol. The Labute approximate surface area is 175 Å². The number of hydrogen-bond acceptors (Lipinski definition) is 4. The lowest BCUT2D eigenvalue weighted by atomic mass is 9.94. The fourth-order valence-electron chi connectivity index (χ4n) is 3.19. The van der Waals surface area contributed by atoms with E-state index in [4.69, 9.17) is 21.1 Å². The molecule has 3 rings (SSSR count). The zero-order chi connectivity index (χ0) is 21.0. The molecule has 152 valence electrons. The van der Waals surface area contributed by atoms with Gasteiger partial charge in [-0.1, -0.05) is 47.5 Å². The van der Waals surface area contributed by atoms with Crippen LogP contribution in [0.15, 0.2) is 59.8 Å². The van der Waals surface area contributed by atoms with Crippen molar-refractivity contribution in [2.75, 3.05) is 20.3 Å². The molecule has 0 radical (unpaired) electrons. The number of aryl methyl sites for hydroxylation is 1. The molecule has 0 fully saturated rings. The van der Waals surface area contributed by atoms with E-state index >= 15 is 0 Å². The molecule has 2 amide bonds. The molecule has 1 atom stereocenters. The highest BCUT2D eigenvalue weighted by Crippen LogP contribution is 2.32. The summed E-state index contributed by atoms with van der Waals surface area (Å²) < 4.78 is 11.1. The summed E-state index contributed by atoms with van der Waals surface area (Å²) in [6.07, 6.45) is 0. The van der Waals surface area contributed by atoms with Gasteiger partial charge in [-0.3, -0.25) is 4.90 Å².